The fourth-order valence-electron chi connectivity index (χ4n) is 0.773. The average molecular weight is 244 g/mol. The maximum atomic E-state index is 11.3. The van der Waals surface area contributed by atoms with Crippen molar-refractivity contribution in [3.63, 3.8) is 0 Å². The van der Waals surface area contributed by atoms with Crippen molar-refractivity contribution in [1.82, 2.24) is 0 Å². The van der Waals surface area contributed by atoms with Gasteiger partial charge < -0.3 is 14.2 Å². The molecular weight excluding hydrogens is 228 g/mol. The van der Waals surface area contributed by atoms with E-state index in [0.29, 0.717) is 0 Å². The molecule has 0 saturated heterocycles. The van der Waals surface area contributed by atoms with Crippen LogP contribution in [0, 0.1) is 0 Å². The molecule has 0 aromatic rings. The molecule has 0 saturated carbocycles. The molecule has 0 fully saturated rings. The van der Waals surface area contributed by atoms with Crippen molar-refractivity contribution in [2.24, 2.45) is 0 Å². The summed E-state index contributed by atoms with van der Waals surface area (Å²) in [6, 6.07) is 0. The van der Waals surface area contributed by atoms with Crippen molar-refractivity contribution in [2.45, 2.75) is 26.9 Å². The first kappa shape index (κ1) is 15.2. The Morgan fingerprint density at radius 1 is 1.24 bits per heavy atom. The number of carbonyl (C=O) groups is 3. The van der Waals surface area contributed by atoms with Crippen LogP contribution < -0.4 is 0 Å². The molecule has 0 atom stereocenters. The largest absolute Gasteiger partial charge is 0.466 e. The summed E-state index contributed by atoms with van der Waals surface area (Å²) >= 11 is 0. The van der Waals surface area contributed by atoms with Gasteiger partial charge in [0.25, 0.3) is 0 Å². The number of ether oxygens (including phenoxy) is 3. The van der Waals surface area contributed by atoms with Gasteiger partial charge in [-0.15, -0.1) is 0 Å². The fourth-order valence-corrected chi connectivity index (χ4v) is 0.773. The molecule has 0 radical (unpaired) electrons. The molecule has 0 bridgehead atoms. The maximum Gasteiger partial charge on any atom is 0.344 e. The number of esters is 3. The second-order valence-corrected chi connectivity index (χ2v) is 3.47. The first-order valence-electron chi connectivity index (χ1n) is 4.99. The zero-order valence-corrected chi connectivity index (χ0v) is 10.3. The van der Waals surface area contributed by atoms with Gasteiger partial charge in [0.1, 0.15) is 0 Å². The molecule has 0 aromatic carbocycles. The van der Waals surface area contributed by atoms with E-state index < -0.39 is 24.5 Å². The van der Waals surface area contributed by atoms with E-state index in [1.54, 1.807) is 13.8 Å². The Morgan fingerprint density at radius 3 is 2.29 bits per heavy atom. The minimum absolute atomic E-state index is 0.105. The monoisotopic (exact) mass is 244 g/mol. The maximum absolute atomic E-state index is 11.3. The molecule has 0 aliphatic rings. The van der Waals surface area contributed by atoms with E-state index in [1.165, 1.54) is 14.0 Å². The highest BCUT2D eigenvalue weighted by molar-refractivity contribution is 5.96. The highest BCUT2D eigenvalue weighted by atomic mass is 16.6. The lowest BCUT2D eigenvalue weighted by molar-refractivity contribution is -0.154. The van der Waals surface area contributed by atoms with Crippen LogP contribution in [0.15, 0.2) is 11.6 Å². The molecular formula is C11H16O6. The Labute approximate surface area is 99.5 Å². The highest BCUT2D eigenvalue weighted by Gasteiger charge is 2.11. The molecule has 0 aromatic heterocycles. The lowest BCUT2D eigenvalue weighted by atomic mass is 10.3. The molecule has 0 heterocycles. The molecule has 0 unspecified atom stereocenters. The van der Waals surface area contributed by atoms with E-state index in [2.05, 4.69) is 9.47 Å². The van der Waals surface area contributed by atoms with Crippen LogP contribution in [-0.4, -0.2) is 37.7 Å². The third kappa shape index (κ3) is 7.10. The summed E-state index contributed by atoms with van der Waals surface area (Å²) in [5.41, 5.74) is 0.105. The fraction of sp³-hybridized carbons (Fsp3) is 0.545. The quantitative estimate of drug-likeness (QED) is 0.400. The lowest BCUT2D eigenvalue weighted by Gasteiger charge is -2.07. The first-order chi connectivity index (χ1) is 7.86. The van der Waals surface area contributed by atoms with Gasteiger partial charge in [0, 0.05) is 11.6 Å². The molecule has 0 rings (SSSR count). The minimum Gasteiger partial charge on any atom is -0.466 e. The minimum atomic E-state index is -0.798. The number of carbonyl (C=O) groups excluding carboxylic acids is 3. The molecule has 0 spiro atoms. The summed E-state index contributed by atoms with van der Waals surface area (Å²) in [6.07, 6.45) is 0.699. The van der Waals surface area contributed by atoms with Crippen LogP contribution in [0.4, 0.5) is 0 Å². The second kappa shape index (κ2) is 7.43. The number of hydrogen-bond acceptors (Lipinski definition) is 6. The van der Waals surface area contributed by atoms with Crippen LogP contribution in [0.2, 0.25) is 0 Å². The van der Waals surface area contributed by atoms with Crippen molar-refractivity contribution < 1.29 is 28.6 Å². The lowest BCUT2D eigenvalue weighted by Crippen LogP contribution is -2.16. The van der Waals surface area contributed by atoms with Crippen LogP contribution in [0.25, 0.3) is 0 Å². The second-order valence-electron chi connectivity index (χ2n) is 3.47. The molecule has 6 heteroatoms. The van der Waals surface area contributed by atoms with Gasteiger partial charge in [-0.25, -0.2) is 14.4 Å². The van der Waals surface area contributed by atoms with Gasteiger partial charge in [-0.2, -0.15) is 0 Å². The molecule has 96 valence electrons. The molecule has 17 heavy (non-hydrogen) atoms. The Bertz CT molecular complexity index is 329. The average Bonchev–Trinajstić information content (AvgIpc) is 2.24. The number of rotatable bonds is 5. The van der Waals surface area contributed by atoms with Crippen molar-refractivity contribution in [3.05, 3.63) is 11.6 Å². The Morgan fingerprint density at radius 2 is 1.82 bits per heavy atom. The number of methoxy groups -OCH3 is 1. The van der Waals surface area contributed by atoms with Gasteiger partial charge >= 0.3 is 17.9 Å². The zero-order valence-electron chi connectivity index (χ0n) is 10.3. The summed E-state index contributed by atoms with van der Waals surface area (Å²) < 4.78 is 13.7. The van der Waals surface area contributed by atoms with Crippen LogP contribution in [0.3, 0.4) is 0 Å². The standard InChI is InChI=1S/C11H16O6/c1-7(2)17-11(14)8(3)5-9(12)16-6-10(13)15-4/h5,7H,6H2,1-4H3/b8-5-. The van der Waals surface area contributed by atoms with E-state index >= 15 is 0 Å². The van der Waals surface area contributed by atoms with Crippen molar-refractivity contribution in [1.29, 1.82) is 0 Å². The van der Waals surface area contributed by atoms with Crippen LogP contribution in [-0.2, 0) is 28.6 Å². The number of hydrogen-bond donors (Lipinski definition) is 0. The van der Waals surface area contributed by atoms with E-state index in [-0.39, 0.29) is 11.7 Å². The first-order valence-corrected chi connectivity index (χ1v) is 4.99. The van der Waals surface area contributed by atoms with Gasteiger partial charge in [-0.3, -0.25) is 0 Å². The van der Waals surface area contributed by atoms with Crippen molar-refractivity contribution in [2.75, 3.05) is 13.7 Å². The Hall–Kier alpha value is -1.85. The highest BCUT2D eigenvalue weighted by Crippen LogP contribution is 2.00. The predicted octanol–water partition coefficient (Wildman–Crippen LogP) is 0.600. The molecule has 0 aliphatic heterocycles. The Balaban J connectivity index is 4.23. The third-order valence-electron chi connectivity index (χ3n) is 1.56. The van der Waals surface area contributed by atoms with Crippen molar-refractivity contribution in [3.8, 4) is 0 Å². The van der Waals surface area contributed by atoms with Gasteiger partial charge in [0.05, 0.1) is 13.2 Å². The smallest absolute Gasteiger partial charge is 0.344 e. The van der Waals surface area contributed by atoms with Crippen LogP contribution in [0.5, 0.6) is 0 Å². The van der Waals surface area contributed by atoms with Gasteiger partial charge in [-0.1, -0.05) is 0 Å². The summed E-state index contributed by atoms with van der Waals surface area (Å²) in [5.74, 6) is -2.07. The normalized spacial score (nSPS) is 11.0. The SMILES string of the molecule is COC(=O)COC(=O)/C=C(/C)C(=O)OC(C)C. The summed E-state index contributed by atoms with van der Waals surface area (Å²) in [4.78, 5) is 33.1. The molecule has 6 nitrogen and oxygen atoms in total. The predicted molar refractivity (Wildman–Crippen MR) is 58.0 cm³/mol. The van der Waals surface area contributed by atoms with E-state index in [1.807, 2.05) is 0 Å². The molecule has 0 N–H and O–H groups in total. The summed E-state index contributed by atoms with van der Waals surface area (Å²) in [5, 5.41) is 0. The Kier molecular flexibility index (Phi) is 6.62. The van der Waals surface area contributed by atoms with Gasteiger partial charge in [-0.05, 0) is 20.8 Å². The van der Waals surface area contributed by atoms with Gasteiger partial charge in [0.15, 0.2) is 6.61 Å². The van der Waals surface area contributed by atoms with Crippen LogP contribution >= 0.6 is 0 Å². The zero-order chi connectivity index (χ0) is 13.4. The van der Waals surface area contributed by atoms with Gasteiger partial charge in [0.2, 0.25) is 0 Å². The summed E-state index contributed by atoms with van der Waals surface area (Å²) in [7, 11) is 1.18. The molecule has 0 aliphatic carbocycles. The van der Waals surface area contributed by atoms with E-state index in [9.17, 15) is 14.4 Å². The molecule has 0 amide bonds. The van der Waals surface area contributed by atoms with Crippen molar-refractivity contribution >= 4 is 17.9 Å². The third-order valence-corrected chi connectivity index (χ3v) is 1.56. The van der Waals surface area contributed by atoms with E-state index in [0.717, 1.165) is 6.08 Å². The van der Waals surface area contributed by atoms with Crippen LogP contribution in [0.1, 0.15) is 20.8 Å². The summed E-state index contributed by atoms with van der Waals surface area (Å²) in [6.45, 7) is 4.32. The van der Waals surface area contributed by atoms with E-state index in [4.69, 9.17) is 4.74 Å². The topological polar surface area (TPSA) is 78.9 Å².